The molecule has 0 atom stereocenters. The van der Waals surface area contributed by atoms with Gasteiger partial charge < -0.3 is 15.0 Å². The van der Waals surface area contributed by atoms with E-state index in [1.54, 1.807) is 25.3 Å². The fourth-order valence-electron chi connectivity index (χ4n) is 2.99. The maximum atomic E-state index is 12.6. The Kier molecular flexibility index (Phi) is 4.85. The Morgan fingerprint density at radius 2 is 1.88 bits per heavy atom. The average molecular weight is 388 g/mol. The maximum absolute atomic E-state index is 12.6. The van der Waals surface area contributed by atoms with E-state index >= 15 is 0 Å². The van der Waals surface area contributed by atoms with Crippen molar-refractivity contribution < 1.29 is 9.53 Å². The van der Waals surface area contributed by atoms with Crippen LogP contribution in [-0.4, -0.2) is 30.6 Å². The van der Waals surface area contributed by atoms with Gasteiger partial charge in [0.15, 0.2) is 0 Å². The second kappa shape index (κ2) is 6.60. The van der Waals surface area contributed by atoms with Gasteiger partial charge in [0.1, 0.15) is 0 Å². The number of hydrogen-bond acceptors (Lipinski definition) is 3. The third kappa shape index (κ3) is 2.93. The number of carbonyl (C=O) groups excluding carboxylic acids is 1. The third-order valence-electron chi connectivity index (χ3n) is 4.27. The van der Waals surface area contributed by atoms with E-state index in [1.807, 2.05) is 0 Å². The van der Waals surface area contributed by atoms with Crippen molar-refractivity contribution in [3.63, 3.8) is 0 Å². The van der Waals surface area contributed by atoms with Crippen LogP contribution in [0, 0.1) is 0 Å². The van der Waals surface area contributed by atoms with Crippen LogP contribution >= 0.6 is 34.8 Å². The second-order valence-corrected chi connectivity index (χ2v) is 7.33. The molecule has 0 aliphatic carbocycles. The first kappa shape index (κ1) is 17.6. The van der Waals surface area contributed by atoms with E-state index in [2.05, 4.69) is 17.2 Å². The summed E-state index contributed by atoms with van der Waals surface area (Å²) in [5.41, 5.74) is 2.35. The molecule has 128 valence electrons. The van der Waals surface area contributed by atoms with Gasteiger partial charge in [0.05, 0.1) is 22.2 Å². The van der Waals surface area contributed by atoms with Crippen LogP contribution < -0.4 is 5.32 Å². The third-order valence-corrected chi connectivity index (χ3v) is 5.08. The molecule has 1 aliphatic rings. The molecule has 4 nitrogen and oxygen atoms in total. The van der Waals surface area contributed by atoms with E-state index < -0.39 is 0 Å². The number of rotatable bonds is 4. The molecule has 1 aromatic carbocycles. The van der Waals surface area contributed by atoms with Crippen molar-refractivity contribution in [2.24, 2.45) is 0 Å². The second-order valence-electron chi connectivity index (χ2n) is 6.08. The van der Waals surface area contributed by atoms with E-state index in [0.29, 0.717) is 38.4 Å². The number of nitrogens with one attached hydrogen (secondary N) is 2. The van der Waals surface area contributed by atoms with Crippen LogP contribution in [-0.2, 0) is 10.2 Å². The van der Waals surface area contributed by atoms with E-state index in [4.69, 9.17) is 39.5 Å². The van der Waals surface area contributed by atoms with Crippen LogP contribution in [0.4, 0.5) is 0 Å². The summed E-state index contributed by atoms with van der Waals surface area (Å²) in [5, 5.41) is 4.46. The summed E-state index contributed by atoms with van der Waals surface area (Å²) < 4.78 is 5.26. The van der Waals surface area contributed by atoms with E-state index in [0.717, 1.165) is 18.8 Å². The number of ether oxygens (including phenoxy) is 1. The minimum atomic E-state index is -0.390. The van der Waals surface area contributed by atoms with Crippen molar-refractivity contribution >= 4 is 40.8 Å². The average Bonchev–Trinajstić information content (AvgIpc) is 2.89. The Balaban J connectivity index is 2.20. The van der Waals surface area contributed by atoms with Gasteiger partial charge in [-0.15, -0.1) is 0 Å². The first-order valence-corrected chi connectivity index (χ1v) is 8.75. The van der Waals surface area contributed by atoms with Crippen LogP contribution in [0.1, 0.15) is 29.9 Å². The molecule has 24 heavy (non-hydrogen) atoms. The molecule has 0 spiro atoms. The molecule has 1 aromatic heterocycles. The summed E-state index contributed by atoms with van der Waals surface area (Å²) in [4.78, 5) is 15.9. The molecule has 0 amide bonds. The Labute approximate surface area is 155 Å². The minimum absolute atomic E-state index is 0.161. The molecule has 2 aromatic rings. The molecule has 3 rings (SSSR count). The highest BCUT2D eigenvalue weighted by Gasteiger charge is 2.40. The number of H-pyrrole nitrogens is 1. The number of carbonyl (C=O) groups is 1. The Hall–Kier alpha value is -1.20. The summed E-state index contributed by atoms with van der Waals surface area (Å²) in [6, 6.07) is 3.22. The molecule has 2 heterocycles. The van der Waals surface area contributed by atoms with Crippen LogP contribution in [0.5, 0.6) is 0 Å². The van der Waals surface area contributed by atoms with E-state index in [1.165, 1.54) is 0 Å². The van der Waals surface area contributed by atoms with Gasteiger partial charge in [-0.25, -0.2) is 4.79 Å². The van der Waals surface area contributed by atoms with Gasteiger partial charge in [-0.05, 0) is 19.1 Å². The van der Waals surface area contributed by atoms with Crippen molar-refractivity contribution in [2.75, 3.05) is 19.7 Å². The van der Waals surface area contributed by atoms with Crippen LogP contribution in [0.15, 0.2) is 18.3 Å². The highest BCUT2D eigenvalue weighted by Crippen LogP contribution is 2.42. The van der Waals surface area contributed by atoms with Crippen molar-refractivity contribution in [3.05, 3.63) is 44.7 Å². The molecule has 1 aliphatic heterocycles. The zero-order valence-electron chi connectivity index (χ0n) is 13.3. The predicted molar refractivity (Wildman–Crippen MR) is 97.4 cm³/mol. The fraction of sp³-hybridized carbons (Fsp3) is 0.353. The molecule has 1 fully saturated rings. The first-order valence-electron chi connectivity index (χ1n) is 7.62. The summed E-state index contributed by atoms with van der Waals surface area (Å²) in [7, 11) is 0. The molecular weight excluding hydrogens is 371 g/mol. The van der Waals surface area contributed by atoms with Gasteiger partial charge in [0.2, 0.25) is 0 Å². The summed E-state index contributed by atoms with van der Waals surface area (Å²) in [6.07, 6.45) is 1.76. The lowest BCUT2D eigenvalue weighted by Gasteiger charge is -2.39. The lowest BCUT2D eigenvalue weighted by atomic mass is 9.78. The number of hydrogen-bond donors (Lipinski definition) is 2. The topological polar surface area (TPSA) is 54.1 Å². The minimum Gasteiger partial charge on any atom is -0.462 e. The van der Waals surface area contributed by atoms with Gasteiger partial charge in [-0.1, -0.05) is 41.7 Å². The molecule has 2 N–H and O–H groups in total. The molecule has 0 radical (unpaired) electrons. The lowest BCUT2D eigenvalue weighted by Crippen LogP contribution is -2.55. The highest BCUT2D eigenvalue weighted by molar-refractivity contribution is 6.42. The monoisotopic (exact) mass is 386 g/mol. The van der Waals surface area contributed by atoms with Crippen LogP contribution in [0.25, 0.3) is 11.1 Å². The SMILES string of the molecule is CCOC(=O)c1c(-c2c(Cl)cc(Cl)cc2Cl)c[nH]c1C1(C)CNC1. The molecule has 7 heteroatoms. The number of esters is 1. The number of aromatic nitrogens is 1. The Morgan fingerprint density at radius 1 is 1.25 bits per heavy atom. The van der Waals surface area contributed by atoms with Gasteiger partial charge in [0.25, 0.3) is 0 Å². The maximum Gasteiger partial charge on any atom is 0.340 e. The molecule has 0 saturated carbocycles. The van der Waals surface area contributed by atoms with Gasteiger partial charge in [-0.2, -0.15) is 0 Å². The smallest absolute Gasteiger partial charge is 0.340 e. The van der Waals surface area contributed by atoms with Crippen molar-refractivity contribution in [1.82, 2.24) is 10.3 Å². The summed E-state index contributed by atoms with van der Waals surface area (Å²) in [6.45, 7) is 5.72. The van der Waals surface area contributed by atoms with E-state index in [9.17, 15) is 4.79 Å². The van der Waals surface area contributed by atoms with Gasteiger partial charge in [-0.3, -0.25) is 0 Å². The Morgan fingerprint density at radius 3 is 2.38 bits per heavy atom. The van der Waals surface area contributed by atoms with Crippen LogP contribution in [0.3, 0.4) is 0 Å². The Bertz CT molecular complexity index is 774. The lowest BCUT2D eigenvalue weighted by molar-refractivity contribution is 0.0523. The van der Waals surface area contributed by atoms with Crippen molar-refractivity contribution in [3.8, 4) is 11.1 Å². The zero-order chi connectivity index (χ0) is 17.5. The van der Waals surface area contributed by atoms with Crippen molar-refractivity contribution in [2.45, 2.75) is 19.3 Å². The molecule has 0 unspecified atom stereocenters. The standard InChI is InChI=1S/C17H17Cl3N2O2/c1-3-24-16(23)14-10(6-22-15(14)17(2)7-21-8-17)13-11(19)4-9(18)5-12(13)20/h4-6,21-22H,3,7-8H2,1-2H3. The van der Waals surface area contributed by atoms with Gasteiger partial charge in [0, 0.05) is 46.5 Å². The zero-order valence-corrected chi connectivity index (χ0v) is 15.6. The highest BCUT2D eigenvalue weighted by atomic mass is 35.5. The summed E-state index contributed by atoms with van der Waals surface area (Å²) in [5.74, 6) is -0.390. The van der Waals surface area contributed by atoms with Crippen LogP contribution in [0.2, 0.25) is 15.1 Å². The van der Waals surface area contributed by atoms with E-state index in [-0.39, 0.29) is 11.4 Å². The summed E-state index contributed by atoms with van der Waals surface area (Å²) >= 11 is 18.7. The number of benzene rings is 1. The fourth-order valence-corrected chi connectivity index (χ4v) is 4.01. The number of halogens is 3. The van der Waals surface area contributed by atoms with Crippen molar-refractivity contribution in [1.29, 1.82) is 0 Å². The number of aromatic amines is 1. The quantitative estimate of drug-likeness (QED) is 0.749. The molecule has 1 saturated heterocycles. The normalized spacial score (nSPS) is 15.9. The largest absolute Gasteiger partial charge is 0.462 e. The predicted octanol–water partition coefficient (Wildman–Crippen LogP) is 4.68. The molecule has 0 bridgehead atoms. The molecular formula is C17H17Cl3N2O2. The van der Waals surface area contributed by atoms with Gasteiger partial charge >= 0.3 is 5.97 Å². The first-order chi connectivity index (χ1) is 11.4.